The third kappa shape index (κ3) is 4.79. The van der Waals surface area contributed by atoms with Crippen molar-refractivity contribution in [2.45, 2.75) is 19.9 Å². The normalized spacial score (nSPS) is 11.6. The van der Waals surface area contributed by atoms with Gasteiger partial charge in [0.25, 0.3) is 5.91 Å². The van der Waals surface area contributed by atoms with Gasteiger partial charge in [-0.05, 0) is 19.1 Å². The number of hydrogen-bond donors (Lipinski definition) is 2. The molecule has 0 aliphatic heterocycles. The van der Waals surface area contributed by atoms with E-state index >= 15 is 0 Å². The van der Waals surface area contributed by atoms with Crippen LogP contribution in [0.3, 0.4) is 0 Å². The van der Waals surface area contributed by atoms with Gasteiger partial charge in [-0.2, -0.15) is 0 Å². The molecular formula is C16H20N4O2S. The van der Waals surface area contributed by atoms with Gasteiger partial charge in [-0.15, -0.1) is 11.3 Å². The van der Waals surface area contributed by atoms with Crippen molar-refractivity contribution in [1.82, 2.24) is 10.3 Å². The van der Waals surface area contributed by atoms with Crippen molar-refractivity contribution >= 4 is 34.0 Å². The number of para-hydroxylation sites is 1. The molecule has 0 saturated carbocycles. The van der Waals surface area contributed by atoms with Gasteiger partial charge in [-0.1, -0.05) is 18.2 Å². The molecule has 2 amide bonds. The Morgan fingerprint density at radius 1 is 1.30 bits per heavy atom. The first-order valence-corrected chi connectivity index (χ1v) is 8.14. The summed E-state index contributed by atoms with van der Waals surface area (Å²) in [5, 5.41) is 7.49. The van der Waals surface area contributed by atoms with Gasteiger partial charge in [0.15, 0.2) is 5.13 Å². The summed E-state index contributed by atoms with van der Waals surface area (Å²) in [6.45, 7) is 3.94. The van der Waals surface area contributed by atoms with Crippen LogP contribution in [-0.4, -0.2) is 36.4 Å². The molecule has 23 heavy (non-hydrogen) atoms. The highest BCUT2D eigenvalue weighted by Crippen LogP contribution is 2.16. The van der Waals surface area contributed by atoms with Gasteiger partial charge in [0.2, 0.25) is 5.91 Å². The minimum Gasteiger partial charge on any atom is -0.370 e. The predicted molar refractivity (Wildman–Crippen MR) is 93.1 cm³/mol. The van der Waals surface area contributed by atoms with Crippen LogP contribution in [0.1, 0.15) is 24.3 Å². The van der Waals surface area contributed by atoms with Crippen LogP contribution in [0.5, 0.6) is 0 Å². The zero-order valence-corrected chi connectivity index (χ0v) is 14.2. The molecule has 1 atom stereocenters. The second-order valence-electron chi connectivity index (χ2n) is 5.22. The van der Waals surface area contributed by atoms with Crippen molar-refractivity contribution in [2.24, 2.45) is 0 Å². The molecule has 0 aliphatic rings. The van der Waals surface area contributed by atoms with E-state index in [-0.39, 0.29) is 17.9 Å². The van der Waals surface area contributed by atoms with E-state index in [9.17, 15) is 9.59 Å². The third-order valence-electron chi connectivity index (χ3n) is 3.40. The highest BCUT2D eigenvalue weighted by atomic mass is 32.1. The van der Waals surface area contributed by atoms with Crippen molar-refractivity contribution < 1.29 is 9.59 Å². The van der Waals surface area contributed by atoms with Crippen LogP contribution in [-0.2, 0) is 4.79 Å². The Morgan fingerprint density at radius 3 is 2.65 bits per heavy atom. The monoisotopic (exact) mass is 332 g/mol. The first-order chi connectivity index (χ1) is 11.0. The van der Waals surface area contributed by atoms with Gasteiger partial charge in [0, 0.05) is 37.6 Å². The smallest absolute Gasteiger partial charge is 0.270 e. The number of rotatable bonds is 6. The van der Waals surface area contributed by atoms with Crippen LogP contribution < -0.4 is 15.5 Å². The number of likely N-dealkylation sites (N-methyl/N-ethyl adjacent to an activating group) is 1. The maximum absolute atomic E-state index is 12.1. The summed E-state index contributed by atoms with van der Waals surface area (Å²) in [7, 11) is 1.99. The highest BCUT2D eigenvalue weighted by molar-refractivity contribution is 7.14. The van der Waals surface area contributed by atoms with Gasteiger partial charge < -0.3 is 15.5 Å². The summed E-state index contributed by atoms with van der Waals surface area (Å²) >= 11 is 1.23. The summed E-state index contributed by atoms with van der Waals surface area (Å²) in [4.78, 5) is 29.3. The highest BCUT2D eigenvalue weighted by Gasteiger charge is 2.14. The van der Waals surface area contributed by atoms with E-state index in [2.05, 4.69) is 20.5 Å². The Morgan fingerprint density at radius 2 is 2.00 bits per heavy atom. The molecule has 1 aromatic carbocycles. The molecule has 2 aromatic rings. The van der Waals surface area contributed by atoms with Crippen molar-refractivity contribution in [3.8, 4) is 0 Å². The molecule has 1 heterocycles. The average molecular weight is 332 g/mol. The quantitative estimate of drug-likeness (QED) is 0.851. The second kappa shape index (κ2) is 7.73. The lowest BCUT2D eigenvalue weighted by Crippen LogP contribution is -2.40. The number of thiazole rings is 1. The number of benzene rings is 1. The summed E-state index contributed by atoms with van der Waals surface area (Å²) < 4.78 is 0. The van der Waals surface area contributed by atoms with Crippen molar-refractivity contribution in [3.63, 3.8) is 0 Å². The molecule has 0 aliphatic carbocycles. The number of nitrogens with one attached hydrogen (secondary N) is 2. The molecular weight excluding hydrogens is 312 g/mol. The van der Waals surface area contributed by atoms with Crippen LogP contribution in [0, 0.1) is 0 Å². The van der Waals surface area contributed by atoms with Crippen LogP contribution in [0.2, 0.25) is 0 Å². The van der Waals surface area contributed by atoms with E-state index in [1.54, 1.807) is 5.38 Å². The van der Waals surface area contributed by atoms with Gasteiger partial charge in [-0.3, -0.25) is 9.59 Å². The number of nitrogens with zero attached hydrogens (tertiary/aromatic N) is 2. The lowest BCUT2D eigenvalue weighted by molar-refractivity contribution is -0.114. The number of carbonyl (C=O) groups excluding carboxylic acids is 2. The molecule has 7 heteroatoms. The Hall–Kier alpha value is -2.41. The number of aromatic nitrogens is 1. The van der Waals surface area contributed by atoms with Gasteiger partial charge in [0.1, 0.15) is 5.69 Å². The molecule has 0 radical (unpaired) electrons. The SMILES string of the molecule is CC(=O)Nc1nc(C(=O)NC[C@@H](C)N(C)c2ccccc2)cs1. The summed E-state index contributed by atoms with van der Waals surface area (Å²) in [5.74, 6) is -0.449. The Balaban J connectivity index is 1.88. The number of hydrogen-bond acceptors (Lipinski definition) is 5. The van der Waals surface area contributed by atoms with Crippen LogP contribution in [0.25, 0.3) is 0 Å². The van der Waals surface area contributed by atoms with Crippen LogP contribution in [0.4, 0.5) is 10.8 Å². The van der Waals surface area contributed by atoms with E-state index in [1.165, 1.54) is 18.3 Å². The lowest BCUT2D eigenvalue weighted by atomic mass is 10.2. The van der Waals surface area contributed by atoms with Crippen molar-refractivity contribution in [3.05, 3.63) is 41.4 Å². The molecule has 122 valence electrons. The maximum Gasteiger partial charge on any atom is 0.270 e. The Labute approximate surface area is 139 Å². The number of anilines is 2. The van der Waals surface area contributed by atoms with Crippen LogP contribution >= 0.6 is 11.3 Å². The molecule has 0 fully saturated rings. The molecule has 0 unspecified atom stereocenters. The minimum absolute atomic E-state index is 0.134. The summed E-state index contributed by atoms with van der Waals surface area (Å²) in [5.41, 5.74) is 1.41. The first kappa shape index (κ1) is 17.0. The van der Waals surface area contributed by atoms with Gasteiger partial charge in [-0.25, -0.2) is 4.98 Å². The number of carbonyl (C=O) groups is 2. The Bertz CT molecular complexity index is 672. The lowest BCUT2D eigenvalue weighted by Gasteiger charge is -2.27. The van der Waals surface area contributed by atoms with Crippen molar-refractivity contribution in [2.75, 3.05) is 23.8 Å². The largest absolute Gasteiger partial charge is 0.370 e. The third-order valence-corrected chi connectivity index (χ3v) is 4.16. The second-order valence-corrected chi connectivity index (χ2v) is 6.08. The molecule has 0 spiro atoms. The fourth-order valence-electron chi connectivity index (χ4n) is 1.97. The molecule has 2 N–H and O–H groups in total. The fourth-order valence-corrected chi connectivity index (χ4v) is 2.71. The molecule has 0 saturated heterocycles. The zero-order valence-electron chi connectivity index (χ0n) is 13.4. The van der Waals surface area contributed by atoms with Crippen molar-refractivity contribution in [1.29, 1.82) is 0 Å². The summed E-state index contributed by atoms with van der Waals surface area (Å²) in [6.07, 6.45) is 0. The van der Waals surface area contributed by atoms with E-state index in [0.29, 0.717) is 17.4 Å². The van der Waals surface area contributed by atoms with E-state index in [4.69, 9.17) is 0 Å². The fraction of sp³-hybridized carbons (Fsp3) is 0.312. The topological polar surface area (TPSA) is 74.3 Å². The minimum atomic E-state index is -0.244. The standard InChI is InChI=1S/C16H20N4O2S/c1-11(20(3)13-7-5-4-6-8-13)9-17-15(22)14-10-23-16(19-14)18-12(2)21/h4-8,10-11H,9H2,1-3H3,(H,17,22)(H,18,19,21)/t11-/m1/s1. The molecule has 6 nitrogen and oxygen atoms in total. The van der Waals surface area contributed by atoms with E-state index in [0.717, 1.165) is 5.69 Å². The first-order valence-electron chi connectivity index (χ1n) is 7.26. The Kier molecular flexibility index (Phi) is 5.70. The summed E-state index contributed by atoms with van der Waals surface area (Å²) in [6, 6.07) is 10.1. The van der Waals surface area contributed by atoms with E-state index in [1.807, 2.05) is 44.3 Å². The van der Waals surface area contributed by atoms with Gasteiger partial charge in [0.05, 0.1) is 0 Å². The predicted octanol–water partition coefficient (Wildman–Crippen LogP) is 2.36. The molecule has 1 aromatic heterocycles. The molecule has 0 bridgehead atoms. The zero-order chi connectivity index (χ0) is 16.8. The maximum atomic E-state index is 12.1. The average Bonchev–Trinajstić information content (AvgIpc) is 3.00. The molecule has 2 rings (SSSR count). The number of amides is 2. The van der Waals surface area contributed by atoms with Gasteiger partial charge >= 0.3 is 0 Å². The van der Waals surface area contributed by atoms with E-state index < -0.39 is 0 Å². The van der Waals surface area contributed by atoms with Crippen LogP contribution in [0.15, 0.2) is 35.7 Å².